The number of rotatable bonds is 8. The Bertz CT molecular complexity index is 976. The Kier molecular flexibility index (Phi) is 7.02. The number of aryl methyl sites for hydroxylation is 1. The molecule has 1 heterocycles. The summed E-state index contributed by atoms with van der Waals surface area (Å²) in [7, 11) is 0. The average Bonchev–Trinajstić information content (AvgIpc) is 2.72. The van der Waals surface area contributed by atoms with Gasteiger partial charge in [-0.1, -0.05) is 60.2 Å². The third-order valence-corrected chi connectivity index (χ3v) is 5.09. The van der Waals surface area contributed by atoms with Crippen molar-refractivity contribution in [3.63, 3.8) is 0 Å². The third-order valence-electron chi connectivity index (χ3n) is 5.09. The predicted molar refractivity (Wildman–Crippen MR) is 113 cm³/mol. The Balaban J connectivity index is 1.56. The van der Waals surface area contributed by atoms with Crippen molar-refractivity contribution in [1.29, 1.82) is 0 Å². The number of hydrogen-bond acceptors (Lipinski definition) is 4. The number of carbonyl (C=O) groups is 4. The standard InChI is InChI=1S/C23H25N3O5/c1-14-6-5-9-16(10-14)12-19(23(30)31)24-20(27)13-18-22(29)25-17(21(28)26-18)11-15-7-3-2-4-8-15/h2-10,17-19H,11-13H2,1H3,(H,24,27)(H,25,29)(H,26,28)(H,30,31)/t17-,18-,19-/m0/s1. The topological polar surface area (TPSA) is 125 Å². The van der Waals surface area contributed by atoms with Crippen molar-refractivity contribution in [1.82, 2.24) is 16.0 Å². The van der Waals surface area contributed by atoms with Crippen LogP contribution in [0, 0.1) is 6.92 Å². The smallest absolute Gasteiger partial charge is 0.326 e. The van der Waals surface area contributed by atoms with Crippen LogP contribution in [0.4, 0.5) is 0 Å². The van der Waals surface area contributed by atoms with Crippen molar-refractivity contribution in [2.24, 2.45) is 0 Å². The van der Waals surface area contributed by atoms with Crippen LogP contribution in [0.15, 0.2) is 54.6 Å². The van der Waals surface area contributed by atoms with Crippen LogP contribution >= 0.6 is 0 Å². The minimum atomic E-state index is -1.17. The van der Waals surface area contributed by atoms with E-state index in [9.17, 15) is 24.3 Å². The summed E-state index contributed by atoms with van der Waals surface area (Å²) in [5.41, 5.74) is 2.67. The highest BCUT2D eigenvalue weighted by Gasteiger charge is 2.35. The summed E-state index contributed by atoms with van der Waals surface area (Å²) in [5.74, 6) is -2.64. The first kappa shape index (κ1) is 22.0. The molecule has 1 fully saturated rings. The SMILES string of the molecule is Cc1cccc(C[C@H](NC(=O)C[C@@H]2NC(=O)[C@H](Cc3ccccc3)NC2=O)C(=O)O)c1. The van der Waals surface area contributed by atoms with Gasteiger partial charge in [0.25, 0.3) is 0 Å². The van der Waals surface area contributed by atoms with Crippen LogP contribution in [0.3, 0.4) is 0 Å². The second kappa shape index (κ2) is 9.88. The van der Waals surface area contributed by atoms with E-state index in [4.69, 9.17) is 0 Å². The van der Waals surface area contributed by atoms with E-state index in [1.54, 1.807) is 6.07 Å². The van der Waals surface area contributed by atoms with Crippen LogP contribution < -0.4 is 16.0 Å². The van der Waals surface area contributed by atoms with E-state index in [1.165, 1.54) is 0 Å². The van der Waals surface area contributed by atoms with Gasteiger partial charge in [-0.2, -0.15) is 0 Å². The summed E-state index contributed by atoms with van der Waals surface area (Å²) >= 11 is 0. The van der Waals surface area contributed by atoms with Crippen LogP contribution in [0.5, 0.6) is 0 Å². The van der Waals surface area contributed by atoms with Gasteiger partial charge in [-0.25, -0.2) is 4.79 Å². The molecule has 4 N–H and O–H groups in total. The van der Waals surface area contributed by atoms with Crippen molar-refractivity contribution in [3.05, 3.63) is 71.3 Å². The Morgan fingerprint density at radius 3 is 2.29 bits per heavy atom. The van der Waals surface area contributed by atoms with Gasteiger partial charge >= 0.3 is 5.97 Å². The maximum atomic E-state index is 12.4. The number of aliphatic carboxylic acids is 1. The van der Waals surface area contributed by atoms with Gasteiger partial charge in [0.05, 0.1) is 6.42 Å². The zero-order valence-corrected chi connectivity index (χ0v) is 17.1. The molecule has 3 amide bonds. The Hall–Kier alpha value is -3.68. The maximum Gasteiger partial charge on any atom is 0.326 e. The lowest BCUT2D eigenvalue weighted by Gasteiger charge is -2.29. The van der Waals surface area contributed by atoms with E-state index in [2.05, 4.69) is 16.0 Å². The van der Waals surface area contributed by atoms with Gasteiger partial charge in [0, 0.05) is 12.8 Å². The number of carbonyl (C=O) groups excluding carboxylic acids is 3. The third kappa shape index (κ3) is 6.15. The molecule has 1 aliphatic rings. The molecule has 0 radical (unpaired) electrons. The molecule has 8 heteroatoms. The monoisotopic (exact) mass is 423 g/mol. The van der Waals surface area contributed by atoms with E-state index in [0.717, 1.165) is 16.7 Å². The van der Waals surface area contributed by atoms with E-state index >= 15 is 0 Å². The van der Waals surface area contributed by atoms with Crippen LogP contribution in [-0.4, -0.2) is 46.9 Å². The number of hydrogen-bond donors (Lipinski definition) is 4. The number of carboxylic acid groups (broad SMARTS) is 1. The van der Waals surface area contributed by atoms with Crippen LogP contribution in [0.2, 0.25) is 0 Å². The van der Waals surface area contributed by atoms with Crippen molar-refractivity contribution < 1.29 is 24.3 Å². The number of nitrogens with one attached hydrogen (secondary N) is 3. The molecular weight excluding hydrogens is 398 g/mol. The Morgan fingerprint density at radius 1 is 0.968 bits per heavy atom. The van der Waals surface area contributed by atoms with Crippen molar-refractivity contribution in [3.8, 4) is 0 Å². The van der Waals surface area contributed by atoms with Gasteiger partial charge in [0.2, 0.25) is 17.7 Å². The molecule has 8 nitrogen and oxygen atoms in total. The number of piperazine rings is 1. The Morgan fingerprint density at radius 2 is 1.61 bits per heavy atom. The number of amides is 3. The van der Waals surface area contributed by atoms with Gasteiger partial charge in [0.15, 0.2) is 0 Å². The van der Waals surface area contributed by atoms with E-state index in [0.29, 0.717) is 6.42 Å². The van der Waals surface area contributed by atoms with Gasteiger partial charge < -0.3 is 21.1 Å². The molecule has 0 unspecified atom stereocenters. The molecule has 0 aliphatic carbocycles. The van der Waals surface area contributed by atoms with Gasteiger partial charge in [-0.05, 0) is 18.1 Å². The molecule has 3 rings (SSSR count). The van der Waals surface area contributed by atoms with Crippen LogP contribution in [0.1, 0.15) is 23.1 Å². The zero-order chi connectivity index (χ0) is 22.4. The number of benzene rings is 2. The van der Waals surface area contributed by atoms with E-state index in [1.807, 2.05) is 55.5 Å². The van der Waals surface area contributed by atoms with Gasteiger partial charge in [0.1, 0.15) is 18.1 Å². The molecule has 2 aromatic rings. The minimum Gasteiger partial charge on any atom is -0.480 e. The highest BCUT2D eigenvalue weighted by molar-refractivity contribution is 5.99. The average molecular weight is 423 g/mol. The molecule has 0 spiro atoms. The highest BCUT2D eigenvalue weighted by atomic mass is 16.4. The first-order valence-corrected chi connectivity index (χ1v) is 10.0. The van der Waals surface area contributed by atoms with E-state index in [-0.39, 0.29) is 18.7 Å². The summed E-state index contributed by atoms with van der Waals surface area (Å²) < 4.78 is 0. The molecule has 0 saturated carbocycles. The van der Waals surface area contributed by atoms with Crippen molar-refractivity contribution in [2.75, 3.05) is 0 Å². The summed E-state index contributed by atoms with van der Waals surface area (Å²) in [6, 6.07) is 13.7. The zero-order valence-electron chi connectivity index (χ0n) is 17.1. The Labute approximate surface area is 180 Å². The van der Waals surface area contributed by atoms with Gasteiger partial charge in [-0.3, -0.25) is 14.4 Å². The first-order valence-electron chi connectivity index (χ1n) is 10.0. The molecule has 1 aliphatic heterocycles. The van der Waals surface area contributed by atoms with Crippen LogP contribution in [-0.2, 0) is 32.0 Å². The second-order valence-corrected chi connectivity index (χ2v) is 7.67. The van der Waals surface area contributed by atoms with Crippen LogP contribution in [0.25, 0.3) is 0 Å². The predicted octanol–water partition coefficient (Wildman–Crippen LogP) is 0.723. The molecule has 0 bridgehead atoms. The molecule has 162 valence electrons. The molecule has 31 heavy (non-hydrogen) atoms. The maximum absolute atomic E-state index is 12.4. The molecule has 3 atom stereocenters. The lowest BCUT2D eigenvalue weighted by atomic mass is 10.0. The van der Waals surface area contributed by atoms with Crippen molar-refractivity contribution >= 4 is 23.7 Å². The quantitative estimate of drug-likeness (QED) is 0.498. The van der Waals surface area contributed by atoms with Crippen molar-refractivity contribution in [2.45, 2.75) is 44.3 Å². The first-order chi connectivity index (χ1) is 14.8. The minimum absolute atomic E-state index is 0.116. The highest BCUT2D eigenvalue weighted by Crippen LogP contribution is 2.10. The fourth-order valence-corrected chi connectivity index (χ4v) is 3.53. The lowest BCUT2D eigenvalue weighted by Crippen LogP contribution is -2.63. The fraction of sp³-hybridized carbons (Fsp3) is 0.304. The summed E-state index contributed by atoms with van der Waals surface area (Å²) in [6.07, 6.45) is 0.118. The second-order valence-electron chi connectivity index (χ2n) is 7.67. The number of carboxylic acids is 1. The summed E-state index contributed by atoms with van der Waals surface area (Å²) in [4.78, 5) is 48.8. The lowest BCUT2D eigenvalue weighted by molar-refractivity contribution is -0.142. The summed E-state index contributed by atoms with van der Waals surface area (Å²) in [6.45, 7) is 1.90. The summed E-state index contributed by atoms with van der Waals surface area (Å²) in [5, 5.41) is 17.1. The molecule has 0 aromatic heterocycles. The molecular formula is C23H25N3O5. The molecule has 2 aromatic carbocycles. The largest absolute Gasteiger partial charge is 0.480 e. The normalized spacial score (nSPS) is 19.1. The fourth-order valence-electron chi connectivity index (χ4n) is 3.53. The van der Waals surface area contributed by atoms with Gasteiger partial charge in [-0.15, -0.1) is 0 Å². The van der Waals surface area contributed by atoms with E-state index < -0.39 is 35.9 Å². The molecule has 1 saturated heterocycles.